The standard InChI is InChI=1S/C15H12FN5O3/c1-20-8-9(7-19-20)14-13(4-5-18-15(14)17)24-12-3-2-10(21(22)23)6-11(12)16/h2-8H,1H3,(H2,17,18). The van der Waals surface area contributed by atoms with Gasteiger partial charge in [0.2, 0.25) is 0 Å². The summed E-state index contributed by atoms with van der Waals surface area (Å²) in [4.78, 5) is 14.0. The molecule has 122 valence electrons. The summed E-state index contributed by atoms with van der Waals surface area (Å²) in [5.74, 6) is -0.542. The second kappa shape index (κ2) is 5.95. The molecular formula is C15H12FN5O3. The third-order valence-electron chi connectivity index (χ3n) is 3.28. The summed E-state index contributed by atoms with van der Waals surface area (Å²) in [5, 5.41) is 14.7. The van der Waals surface area contributed by atoms with Crippen molar-refractivity contribution in [2.24, 2.45) is 7.05 Å². The van der Waals surface area contributed by atoms with E-state index >= 15 is 0 Å². The molecule has 0 aliphatic rings. The van der Waals surface area contributed by atoms with Gasteiger partial charge in [0.25, 0.3) is 5.69 Å². The van der Waals surface area contributed by atoms with E-state index in [-0.39, 0.29) is 23.0 Å². The number of ether oxygens (including phenoxy) is 1. The first-order valence-electron chi connectivity index (χ1n) is 6.81. The van der Waals surface area contributed by atoms with E-state index < -0.39 is 10.7 Å². The van der Waals surface area contributed by atoms with E-state index in [1.807, 2.05) is 0 Å². The molecule has 0 saturated carbocycles. The maximum absolute atomic E-state index is 14.0. The van der Waals surface area contributed by atoms with Crippen LogP contribution in [0.2, 0.25) is 0 Å². The molecule has 0 atom stereocenters. The molecule has 0 bridgehead atoms. The van der Waals surface area contributed by atoms with E-state index in [4.69, 9.17) is 10.5 Å². The van der Waals surface area contributed by atoms with E-state index in [2.05, 4.69) is 10.1 Å². The third kappa shape index (κ3) is 2.86. The van der Waals surface area contributed by atoms with E-state index in [1.54, 1.807) is 24.1 Å². The topological polar surface area (TPSA) is 109 Å². The number of nitro groups is 1. The number of benzene rings is 1. The van der Waals surface area contributed by atoms with Crippen LogP contribution in [0.15, 0.2) is 42.9 Å². The van der Waals surface area contributed by atoms with Crippen molar-refractivity contribution in [1.82, 2.24) is 14.8 Å². The first kappa shape index (κ1) is 15.4. The molecule has 0 amide bonds. The van der Waals surface area contributed by atoms with Gasteiger partial charge < -0.3 is 10.5 Å². The van der Waals surface area contributed by atoms with Gasteiger partial charge in [0.15, 0.2) is 11.6 Å². The molecule has 8 nitrogen and oxygen atoms in total. The highest BCUT2D eigenvalue weighted by Gasteiger charge is 2.17. The number of aromatic nitrogens is 3. The van der Waals surface area contributed by atoms with E-state index in [1.165, 1.54) is 18.3 Å². The summed E-state index contributed by atoms with van der Waals surface area (Å²) in [5.41, 5.74) is 6.66. The average molecular weight is 329 g/mol. The second-order valence-electron chi connectivity index (χ2n) is 4.95. The van der Waals surface area contributed by atoms with Crippen molar-refractivity contribution < 1.29 is 14.1 Å². The van der Waals surface area contributed by atoms with Gasteiger partial charge in [0.1, 0.15) is 11.6 Å². The molecule has 2 N–H and O–H groups in total. The van der Waals surface area contributed by atoms with Crippen molar-refractivity contribution >= 4 is 11.5 Å². The van der Waals surface area contributed by atoms with Crippen LogP contribution >= 0.6 is 0 Å². The van der Waals surface area contributed by atoms with Gasteiger partial charge in [-0.2, -0.15) is 5.10 Å². The monoisotopic (exact) mass is 329 g/mol. The molecule has 24 heavy (non-hydrogen) atoms. The first-order valence-corrected chi connectivity index (χ1v) is 6.81. The Morgan fingerprint density at radius 2 is 2.12 bits per heavy atom. The van der Waals surface area contributed by atoms with Gasteiger partial charge in [0.05, 0.1) is 22.7 Å². The summed E-state index contributed by atoms with van der Waals surface area (Å²) < 4.78 is 21.2. The predicted molar refractivity (Wildman–Crippen MR) is 84.0 cm³/mol. The number of rotatable bonds is 4. The summed E-state index contributed by atoms with van der Waals surface area (Å²) in [6.45, 7) is 0. The van der Waals surface area contributed by atoms with E-state index in [0.29, 0.717) is 11.1 Å². The number of non-ortho nitro benzene ring substituents is 1. The molecule has 0 fully saturated rings. The van der Waals surface area contributed by atoms with Crippen molar-refractivity contribution in [3.63, 3.8) is 0 Å². The van der Waals surface area contributed by atoms with Crippen molar-refractivity contribution in [3.8, 4) is 22.6 Å². The third-order valence-corrected chi connectivity index (χ3v) is 3.28. The molecule has 0 saturated heterocycles. The van der Waals surface area contributed by atoms with Crippen LogP contribution in [0.3, 0.4) is 0 Å². The molecule has 0 spiro atoms. The predicted octanol–water partition coefficient (Wildman–Crippen LogP) is 2.90. The van der Waals surface area contributed by atoms with Crippen molar-refractivity contribution in [3.05, 3.63) is 58.8 Å². The molecule has 1 aromatic carbocycles. The maximum atomic E-state index is 14.0. The molecule has 2 heterocycles. The Kier molecular flexibility index (Phi) is 3.82. The Labute approximate surface area is 135 Å². The fourth-order valence-corrected chi connectivity index (χ4v) is 2.19. The SMILES string of the molecule is Cn1cc(-c2c(Oc3ccc([N+](=O)[O-])cc3F)ccnc2N)cn1. The first-order chi connectivity index (χ1) is 11.5. The second-order valence-corrected chi connectivity index (χ2v) is 4.95. The Balaban J connectivity index is 2.02. The van der Waals surface area contributed by atoms with Crippen LogP contribution in [0.4, 0.5) is 15.9 Å². The van der Waals surface area contributed by atoms with Gasteiger partial charge in [-0.3, -0.25) is 14.8 Å². The molecule has 9 heteroatoms. The van der Waals surface area contributed by atoms with Gasteiger partial charge in [0, 0.05) is 31.1 Å². The molecule has 0 aliphatic heterocycles. The molecular weight excluding hydrogens is 317 g/mol. The van der Waals surface area contributed by atoms with Crippen LogP contribution < -0.4 is 10.5 Å². The number of hydrogen-bond acceptors (Lipinski definition) is 6. The molecule has 3 rings (SSSR count). The Bertz CT molecular complexity index is 925. The highest BCUT2D eigenvalue weighted by Crippen LogP contribution is 2.37. The minimum atomic E-state index is -0.850. The number of nitrogens with two attached hydrogens (primary N) is 1. The Morgan fingerprint density at radius 1 is 1.33 bits per heavy atom. The molecule has 0 aliphatic carbocycles. The average Bonchev–Trinajstić information content (AvgIpc) is 2.95. The van der Waals surface area contributed by atoms with Crippen LogP contribution in [0, 0.1) is 15.9 Å². The number of nitro benzene ring substituents is 1. The molecule has 0 radical (unpaired) electrons. The smallest absolute Gasteiger partial charge is 0.272 e. The normalized spacial score (nSPS) is 10.6. The van der Waals surface area contributed by atoms with Crippen LogP contribution in [-0.2, 0) is 7.05 Å². The minimum Gasteiger partial charge on any atom is -0.453 e. The van der Waals surface area contributed by atoms with Crippen LogP contribution in [-0.4, -0.2) is 19.7 Å². The van der Waals surface area contributed by atoms with Crippen LogP contribution in [0.5, 0.6) is 11.5 Å². The molecule has 0 unspecified atom stereocenters. The lowest BCUT2D eigenvalue weighted by Crippen LogP contribution is -1.98. The minimum absolute atomic E-state index is 0.156. The van der Waals surface area contributed by atoms with Crippen molar-refractivity contribution in [2.75, 3.05) is 5.73 Å². The number of pyridine rings is 1. The number of nitrogens with zero attached hydrogens (tertiary/aromatic N) is 4. The number of aryl methyl sites for hydroxylation is 1. The van der Waals surface area contributed by atoms with Crippen LogP contribution in [0.25, 0.3) is 11.1 Å². The van der Waals surface area contributed by atoms with E-state index in [9.17, 15) is 14.5 Å². The fourth-order valence-electron chi connectivity index (χ4n) is 2.19. The van der Waals surface area contributed by atoms with Gasteiger partial charge in [-0.15, -0.1) is 0 Å². The zero-order valence-electron chi connectivity index (χ0n) is 12.5. The highest BCUT2D eigenvalue weighted by molar-refractivity contribution is 5.79. The molecule has 2 aromatic heterocycles. The number of hydrogen-bond donors (Lipinski definition) is 1. The zero-order chi connectivity index (χ0) is 17.3. The van der Waals surface area contributed by atoms with Gasteiger partial charge in [-0.25, -0.2) is 9.37 Å². The summed E-state index contributed by atoms with van der Waals surface area (Å²) in [6.07, 6.45) is 4.71. The summed E-state index contributed by atoms with van der Waals surface area (Å²) in [6, 6.07) is 4.67. The number of halogens is 1. The van der Waals surface area contributed by atoms with Crippen molar-refractivity contribution in [1.29, 1.82) is 0 Å². The highest BCUT2D eigenvalue weighted by atomic mass is 19.1. The fraction of sp³-hybridized carbons (Fsp3) is 0.0667. The van der Waals surface area contributed by atoms with E-state index in [0.717, 1.165) is 12.1 Å². The number of anilines is 1. The Morgan fingerprint density at radius 3 is 2.75 bits per heavy atom. The quantitative estimate of drug-likeness (QED) is 0.582. The summed E-state index contributed by atoms with van der Waals surface area (Å²) in [7, 11) is 1.74. The lowest BCUT2D eigenvalue weighted by Gasteiger charge is -2.12. The zero-order valence-corrected chi connectivity index (χ0v) is 12.5. The van der Waals surface area contributed by atoms with Crippen molar-refractivity contribution in [2.45, 2.75) is 0 Å². The molecule has 3 aromatic rings. The number of nitrogen functional groups attached to an aromatic ring is 1. The van der Waals surface area contributed by atoms with Crippen LogP contribution in [0.1, 0.15) is 0 Å². The summed E-state index contributed by atoms with van der Waals surface area (Å²) >= 11 is 0. The van der Waals surface area contributed by atoms with Gasteiger partial charge in [-0.05, 0) is 12.1 Å². The van der Waals surface area contributed by atoms with Gasteiger partial charge >= 0.3 is 0 Å². The lowest BCUT2D eigenvalue weighted by atomic mass is 10.1. The largest absolute Gasteiger partial charge is 0.453 e. The van der Waals surface area contributed by atoms with Gasteiger partial charge in [-0.1, -0.05) is 0 Å². The maximum Gasteiger partial charge on any atom is 0.272 e. The lowest BCUT2D eigenvalue weighted by molar-refractivity contribution is -0.385. The Hall–Kier alpha value is -3.49.